The van der Waals surface area contributed by atoms with E-state index in [1.54, 1.807) is 6.92 Å². The molecule has 1 rings (SSSR count). The van der Waals surface area contributed by atoms with Crippen LogP contribution in [0.15, 0.2) is 18.2 Å². The molecule has 14 heavy (non-hydrogen) atoms. The molecule has 76 valence electrons. The maximum absolute atomic E-state index is 11.3. The maximum Gasteiger partial charge on any atom is 0.411 e. The first-order valence-corrected chi connectivity index (χ1v) is 4.41. The van der Waals surface area contributed by atoms with Crippen molar-refractivity contribution in [2.24, 2.45) is 0 Å². The van der Waals surface area contributed by atoms with Crippen molar-refractivity contribution in [2.45, 2.75) is 6.92 Å². The minimum Gasteiger partial charge on any atom is -0.871 e. The smallest absolute Gasteiger partial charge is 0.411 e. The Hall–Kier alpha value is -1.42. The summed E-state index contributed by atoms with van der Waals surface area (Å²) in [7, 11) is 0. The summed E-state index contributed by atoms with van der Waals surface area (Å²) in [6.07, 6.45) is -1.16. The Balaban J connectivity index is 3.15. The molecule has 0 aromatic heterocycles. The minimum absolute atomic E-state index is 0.0903. The van der Waals surface area contributed by atoms with E-state index in [0.717, 1.165) is 4.90 Å². The molecule has 0 bridgehead atoms. The van der Waals surface area contributed by atoms with Crippen LogP contribution in [0, 0.1) is 0 Å². The third-order valence-electron chi connectivity index (χ3n) is 1.76. The number of benzene rings is 1. The average Bonchev–Trinajstić information content (AvgIpc) is 2.11. The summed E-state index contributed by atoms with van der Waals surface area (Å²) < 4.78 is 0. The molecule has 0 atom stereocenters. The maximum atomic E-state index is 11.3. The van der Waals surface area contributed by atoms with Crippen molar-refractivity contribution in [2.75, 3.05) is 11.4 Å². The van der Waals surface area contributed by atoms with Gasteiger partial charge in [0, 0.05) is 17.3 Å². The highest BCUT2D eigenvalue weighted by Gasteiger charge is 2.12. The quantitative estimate of drug-likeness (QED) is 0.818. The van der Waals surface area contributed by atoms with Crippen molar-refractivity contribution in [1.82, 2.24) is 0 Å². The SMILES string of the molecule is CCN(C(=O)O)c1cc(Cl)ccc1[O-]. The lowest BCUT2D eigenvalue weighted by Gasteiger charge is -2.23. The standard InChI is InChI=1S/C9H10ClNO3/c1-2-11(9(13)14)7-5-6(10)3-4-8(7)12/h3-5,12H,2H2,1H3,(H,13,14)/p-1. The lowest BCUT2D eigenvalue weighted by Crippen LogP contribution is -2.29. The fourth-order valence-corrected chi connectivity index (χ4v) is 1.28. The zero-order valence-electron chi connectivity index (χ0n) is 7.53. The topological polar surface area (TPSA) is 63.6 Å². The van der Waals surface area contributed by atoms with Gasteiger partial charge in [-0.3, -0.25) is 4.90 Å². The first-order chi connectivity index (χ1) is 6.56. The van der Waals surface area contributed by atoms with Crippen molar-refractivity contribution >= 4 is 23.4 Å². The van der Waals surface area contributed by atoms with Gasteiger partial charge in [-0.05, 0) is 19.1 Å². The molecule has 0 saturated carbocycles. The van der Waals surface area contributed by atoms with Gasteiger partial charge in [0.15, 0.2) is 0 Å². The summed E-state index contributed by atoms with van der Waals surface area (Å²) in [6, 6.07) is 4.04. The van der Waals surface area contributed by atoms with Crippen LogP contribution >= 0.6 is 11.6 Å². The van der Waals surface area contributed by atoms with Crippen LogP contribution in [0.5, 0.6) is 5.75 Å². The summed E-state index contributed by atoms with van der Waals surface area (Å²) in [5.74, 6) is -0.348. The van der Waals surface area contributed by atoms with E-state index in [2.05, 4.69) is 0 Å². The number of hydrogen-bond donors (Lipinski definition) is 1. The molecule has 5 heteroatoms. The molecular formula is C9H9ClNO3-. The second kappa shape index (κ2) is 4.19. The molecule has 1 amide bonds. The second-order valence-electron chi connectivity index (χ2n) is 2.64. The Morgan fingerprint density at radius 3 is 2.79 bits per heavy atom. The molecule has 0 heterocycles. The van der Waals surface area contributed by atoms with Crippen molar-refractivity contribution in [3.8, 4) is 5.75 Å². The molecule has 0 unspecified atom stereocenters. The Kier molecular flexibility index (Phi) is 3.19. The number of nitrogens with zero attached hydrogens (tertiary/aromatic N) is 1. The number of carboxylic acid groups (broad SMARTS) is 1. The Labute approximate surface area is 86.3 Å². The summed E-state index contributed by atoms with van der Waals surface area (Å²) in [6.45, 7) is 1.86. The highest BCUT2D eigenvalue weighted by molar-refractivity contribution is 6.31. The van der Waals surface area contributed by atoms with Crippen LogP contribution in [0.4, 0.5) is 10.5 Å². The van der Waals surface area contributed by atoms with E-state index in [4.69, 9.17) is 16.7 Å². The summed E-state index contributed by atoms with van der Waals surface area (Å²) >= 11 is 5.66. The van der Waals surface area contributed by atoms with E-state index < -0.39 is 6.09 Å². The van der Waals surface area contributed by atoms with E-state index in [1.165, 1.54) is 18.2 Å². The number of halogens is 1. The molecule has 1 N–H and O–H groups in total. The first kappa shape index (κ1) is 10.7. The normalized spacial score (nSPS) is 9.86. The minimum atomic E-state index is -1.16. The van der Waals surface area contributed by atoms with Crippen molar-refractivity contribution in [3.63, 3.8) is 0 Å². The van der Waals surface area contributed by atoms with Gasteiger partial charge < -0.3 is 10.2 Å². The van der Waals surface area contributed by atoms with Crippen LogP contribution in [-0.4, -0.2) is 17.7 Å². The van der Waals surface area contributed by atoms with Gasteiger partial charge in [0.05, 0.1) is 0 Å². The molecule has 0 aliphatic rings. The zero-order chi connectivity index (χ0) is 10.7. The molecular weight excluding hydrogens is 206 g/mol. The van der Waals surface area contributed by atoms with E-state index in [-0.39, 0.29) is 18.0 Å². The molecule has 0 radical (unpaired) electrons. The molecule has 0 aliphatic carbocycles. The summed E-state index contributed by atoms with van der Waals surface area (Å²) in [4.78, 5) is 11.7. The molecule has 0 spiro atoms. The molecule has 0 aliphatic heterocycles. The van der Waals surface area contributed by atoms with Crippen molar-refractivity contribution in [1.29, 1.82) is 0 Å². The summed E-state index contributed by atoms with van der Waals surface area (Å²) in [5, 5.41) is 20.4. The van der Waals surface area contributed by atoms with Crippen LogP contribution in [0.25, 0.3) is 0 Å². The van der Waals surface area contributed by atoms with Gasteiger partial charge in [-0.15, -0.1) is 0 Å². The van der Waals surface area contributed by atoms with Crippen molar-refractivity contribution < 1.29 is 15.0 Å². The third kappa shape index (κ3) is 2.09. The molecule has 1 aromatic carbocycles. The van der Waals surface area contributed by atoms with E-state index in [0.29, 0.717) is 5.02 Å². The molecule has 0 saturated heterocycles. The van der Waals surface area contributed by atoms with Crippen LogP contribution in [0.1, 0.15) is 6.92 Å². The van der Waals surface area contributed by atoms with Crippen molar-refractivity contribution in [3.05, 3.63) is 23.2 Å². The van der Waals surface area contributed by atoms with Gasteiger partial charge >= 0.3 is 6.09 Å². The lowest BCUT2D eigenvalue weighted by molar-refractivity contribution is -0.267. The van der Waals surface area contributed by atoms with Crippen LogP contribution in [-0.2, 0) is 0 Å². The predicted octanol–water partition coefficient (Wildman–Crippen LogP) is 1.92. The number of hydrogen-bond acceptors (Lipinski definition) is 2. The van der Waals surface area contributed by atoms with Gasteiger partial charge in [0.1, 0.15) is 0 Å². The summed E-state index contributed by atoms with van der Waals surface area (Å²) in [5.41, 5.74) is 0.0903. The van der Waals surface area contributed by atoms with E-state index in [9.17, 15) is 9.90 Å². The predicted molar refractivity (Wildman–Crippen MR) is 51.9 cm³/mol. The average molecular weight is 215 g/mol. The lowest BCUT2D eigenvalue weighted by atomic mass is 10.2. The molecule has 0 fully saturated rings. The third-order valence-corrected chi connectivity index (χ3v) is 1.99. The Bertz CT molecular complexity index is 354. The van der Waals surface area contributed by atoms with E-state index >= 15 is 0 Å². The van der Waals surface area contributed by atoms with Crippen LogP contribution < -0.4 is 10.0 Å². The fourth-order valence-electron chi connectivity index (χ4n) is 1.11. The molecule has 4 nitrogen and oxygen atoms in total. The number of rotatable bonds is 2. The number of anilines is 1. The first-order valence-electron chi connectivity index (χ1n) is 4.03. The van der Waals surface area contributed by atoms with Crippen LogP contribution in [0.3, 0.4) is 0 Å². The fraction of sp³-hybridized carbons (Fsp3) is 0.222. The molecule has 1 aromatic rings. The number of amides is 1. The van der Waals surface area contributed by atoms with Gasteiger partial charge in [0.2, 0.25) is 0 Å². The van der Waals surface area contributed by atoms with Gasteiger partial charge in [-0.1, -0.05) is 23.4 Å². The van der Waals surface area contributed by atoms with Gasteiger partial charge in [0.25, 0.3) is 0 Å². The number of carbonyl (C=O) groups is 1. The van der Waals surface area contributed by atoms with Gasteiger partial charge in [-0.2, -0.15) is 0 Å². The Morgan fingerprint density at radius 1 is 1.64 bits per heavy atom. The Morgan fingerprint density at radius 2 is 2.29 bits per heavy atom. The second-order valence-corrected chi connectivity index (χ2v) is 3.08. The largest absolute Gasteiger partial charge is 0.871 e. The monoisotopic (exact) mass is 214 g/mol. The highest BCUT2D eigenvalue weighted by Crippen LogP contribution is 2.27. The van der Waals surface area contributed by atoms with Crippen LogP contribution in [0.2, 0.25) is 5.02 Å². The highest BCUT2D eigenvalue weighted by atomic mass is 35.5. The zero-order valence-corrected chi connectivity index (χ0v) is 8.28. The van der Waals surface area contributed by atoms with Gasteiger partial charge in [-0.25, -0.2) is 4.79 Å². The van der Waals surface area contributed by atoms with E-state index in [1.807, 2.05) is 0 Å².